The van der Waals surface area contributed by atoms with Gasteiger partial charge in [-0.05, 0) is 27.7 Å². The lowest BCUT2D eigenvalue weighted by atomic mass is 10.2. The van der Waals surface area contributed by atoms with Crippen molar-refractivity contribution in [3.63, 3.8) is 0 Å². The Morgan fingerprint density at radius 3 is 2.65 bits per heavy atom. The van der Waals surface area contributed by atoms with E-state index in [9.17, 15) is 4.79 Å². The van der Waals surface area contributed by atoms with Gasteiger partial charge >= 0.3 is 0 Å². The molecular formula is C12H22N4O. The van der Waals surface area contributed by atoms with Crippen LogP contribution in [-0.4, -0.2) is 28.7 Å². The van der Waals surface area contributed by atoms with E-state index in [1.165, 1.54) is 5.56 Å². The molecule has 0 fully saturated rings. The van der Waals surface area contributed by atoms with E-state index in [0.717, 1.165) is 17.9 Å². The molecule has 0 aliphatic heterocycles. The van der Waals surface area contributed by atoms with Crippen molar-refractivity contribution in [1.82, 2.24) is 20.8 Å². The Labute approximate surface area is 102 Å². The van der Waals surface area contributed by atoms with Crippen LogP contribution in [0.2, 0.25) is 0 Å². The topological polar surface area (TPSA) is 69.8 Å². The predicted molar refractivity (Wildman–Crippen MR) is 67.7 cm³/mol. The maximum absolute atomic E-state index is 11.4. The minimum absolute atomic E-state index is 0.0909. The zero-order valence-electron chi connectivity index (χ0n) is 11.1. The average molecular weight is 238 g/mol. The van der Waals surface area contributed by atoms with Gasteiger partial charge in [-0.3, -0.25) is 9.89 Å². The molecule has 0 unspecified atom stereocenters. The number of aryl methyl sites for hydroxylation is 2. The summed E-state index contributed by atoms with van der Waals surface area (Å²) >= 11 is 0. The summed E-state index contributed by atoms with van der Waals surface area (Å²) in [5, 5.41) is 13.2. The second-order valence-electron chi connectivity index (χ2n) is 4.56. The van der Waals surface area contributed by atoms with Gasteiger partial charge in [0, 0.05) is 36.8 Å². The fourth-order valence-electron chi connectivity index (χ4n) is 1.64. The second kappa shape index (κ2) is 6.39. The number of rotatable bonds is 6. The van der Waals surface area contributed by atoms with Gasteiger partial charge in [0.15, 0.2) is 0 Å². The molecule has 5 heteroatoms. The first-order valence-electron chi connectivity index (χ1n) is 6.01. The molecule has 0 saturated carbocycles. The van der Waals surface area contributed by atoms with Crippen LogP contribution in [0.5, 0.6) is 0 Å². The van der Waals surface area contributed by atoms with Crippen LogP contribution in [0.4, 0.5) is 0 Å². The summed E-state index contributed by atoms with van der Waals surface area (Å²) in [4.78, 5) is 11.4. The maximum atomic E-state index is 11.4. The molecule has 0 atom stereocenters. The van der Waals surface area contributed by atoms with Gasteiger partial charge in [-0.15, -0.1) is 0 Å². The van der Waals surface area contributed by atoms with Crippen LogP contribution in [0.15, 0.2) is 0 Å². The standard InChI is InChI=1S/C12H22N4O/c1-8(2)14-12(17)5-6-13-7-11-9(3)15-16-10(11)4/h8,13H,5-7H2,1-4H3,(H,14,17)(H,15,16). The van der Waals surface area contributed by atoms with E-state index >= 15 is 0 Å². The number of carbonyl (C=O) groups excluding carboxylic acids is 1. The first kappa shape index (κ1) is 13.7. The van der Waals surface area contributed by atoms with E-state index in [4.69, 9.17) is 0 Å². The first-order valence-corrected chi connectivity index (χ1v) is 6.01. The van der Waals surface area contributed by atoms with E-state index in [0.29, 0.717) is 13.0 Å². The highest BCUT2D eigenvalue weighted by atomic mass is 16.1. The van der Waals surface area contributed by atoms with Crippen LogP contribution < -0.4 is 10.6 Å². The van der Waals surface area contributed by atoms with Crippen LogP contribution in [0.1, 0.15) is 37.2 Å². The molecule has 0 spiro atoms. The minimum Gasteiger partial charge on any atom is -0.354 e. The van der Waals surface area contributed by atoms with Crippen molar-refractivity contribution in [3.8, 4) is 0 Å². The molecule has 3 N–H and O–H groups in total. The maximum Gasteiger partial charge on any atom is 0.221 e. The molecule has 0 bridgehead atoms. The lowest BCUT2D eigenvalue weighted by Gasteiger charge is -2.08. The summed E-state index contributed by atoms with van der Waals surface area (Å²) in [6.07, 6.45) is 0.508. The fourth-order valence-corrected chi connectivity index (χ4v) is 1.64. The Bertz CT molecular complexity index is 351. The third-order valence-electron chi connectivity index (χ3n) is 2.56. The third kappa shape index (κ3) is 4.56. The zero-order chi connectivity index (χ0) is 12.8. The van der Waals surface area contributed by atoms with Crippen LogP contribution >= 0.6 is 0 Å². The Kier molecular flexibility index (Phi) is 5.15. The van der Waals surface area contributed by atoms with Gasteiger partial charge in [-0.1, -0.05) is 0 Å². The van der Waals surface area contributed by atoms with Gasteiger partial charge in [0.1, 0.15) is 0 Å². The molecule has 96 valence electrons. The summed E-state index contributed by atoms with van der Waals surface area (Å²) in [5.74, 6) is 0.0909. The Morgan fingerprint density at radius 2 is 2.12 bits per heavy atom. The van der Waals surface area contributed by atoms with Crippen LogP contribution in [0, 0.1) is 13.8 Å². The number of nitrogens with one attached hydrogen (secondary N) is 3. The van der Waals surface area contributed by atoms with E-state index in [1.807, 2.05) is 27.7 Å². The highest BCUT2D eigenvalue weighted by molar-refractivity contribution is 5.76. The number of amides is 1. The molecule has 1 heterocycles. The highest BCUT2D eigenvalue weighted by Crippen LogP contribution is 2.08. The van der Waals surface area contributed by atoms with Gasteiger partial charge < -0.3 is 10.6 Å². The van der Waals surface area contributed by atoms with Gasteiger partial charge in [0.2, 0.25) is 5.91 Å². The second-order valence-corrected chi connectivity index (χ2v) is 4.56. The van der Waals surface area contributed by atoms with Crippen molar-refractivity contribution in [1.29, 1.82) is 0 Å². The highest BCUT2D eigenvalue weighted by Gasteiger charge is 2.06. The summed E-state index contributed by atoms with van der Waals surface area (Å²) in [6, 6.07) is 0.209. The molecule has 1 aromatic heterocycles. The van der Waals surface area contributed by atoms with Crippen molar-refractivity contribution < 1.29 is 4.79 Å². The number of H-pyrrole nitrogens is 1. The Balaban J connectivity index is 2.23. The summed E-state index contributed by atoms with van der Waals surface area (Å²) in [7, 11) is 0. The minimum atomic E-state index is 0.0909. The number of aromatic amines is 1. The Morgan fingerprint density at radius 1 is 1.41 bits per heavy atom. The number of hydrogen-bond donors (Lipinski definition) is 3. The molecule has 5 nitrogen and oxygen atoms in total. The van der Waals surface area contributed by atoms with Crippen LogP contribution in [0.25, 0.3) is 0 Å². The van der Waals surface area contributed by atoms with Crippen molar-refractivity contribution in [2.45, 2.75) is 46.7 Å². The molecule has 0 aliphatic carbocycles. The molecule has 1 amide bonds. The lowest BCUT2D eigenvalue weighted by Crippen LogP contribution is -2.32. The van der Waals surface area contributed by atoms with Gasteiger partial charge in [0.25, 0.3) is 0 Å². The zero-order valence-corrected chi connectivity index (χ0v) is 11.1. The van der Waals surface area contributed by atoms with Crippen LogP contribution in [-0.2, 0) is 11.3 Å². The Hall–Kier alpha value is -1.36. The van der Waals surface area contributed by atoms with Crippen molar-refractivity contribution in [2.24, 2.45) is 0 Å². The molecule has 0 radical (unpaired) electrons. The van der Waals surface area contributed by atoms with Gasteiger partial charge in [0.05, 0.1) is 5.69 Å². The van der Waals surface area contributed by atoms with E-state index in [-0.39, 0.29) is 11.9 Å². The molecule has 0 aliphatic rings. The molecule has 0 saturated heterocycles. The fraction of sp³-hybridized carbons (Fsp3) is 0.667. The monoisotopic (exact) mass is 238 g/mol. The van der Waals surface area contributed by atoms with Gasteiger partial charge in [-0.25, -0.2) is 0 Å². The molecular weight excluding hydrogens is 216 g/mol. The van der Waals surface area contributed by atoms with Crippen LogP contribution in [0.3, 0.4) is 0 Å². The predicted octanol–water partition coefficient (Wildman–Crippen LogP) is 1.03. The summed E-state index contributed by atoms with van der Waals surface area (Å²) in [5.41, 5.74) is 3.29. The summed E-state index contributed by atoms with van der Waals surface area (Å²) < 4.78 is 0. The lowest BCUT2D eigenvalue weighted by molar-refractivity contribution is -0.121. The normalized spacial score (nSPS) is 10.9. The number of carbonyl (C=O) groups is 1. The average Bonchev–Trinajstić information content (AvgIpc) is 2.54. The number of hydrogen-bond acceptors (Lipinski definition) is 3. The number of aromatic nitrogens is 2. The smallest absolute Gasteiger partial charge is 0.221 e. The largest absolute Gasteiger partial charge is 0.354 e. The molecule has 0 aromatic carbocycles. The van der Waals surface area contributed by atoms with E-state index in [1.54, 1.807) is 0 Å². The first-order chi connectivity index (χ1) is 8.00. The SMILES string of the molecule is Cc1n[nH]c(C)c1CNCCC(=O)NC(C)C. The van der Waals surface area contributed by atoms with Crippen molar-refractivity contribution in [3.05, 3.63) is 17.0 Å². The third-order valence-corrected chi connectivity index (χ3v) is 2.56. The number of nitrogens with zero attached hydrogens (tertiary/aromatic N) is 1. The molecule has 1 aromatic rings. The quantitative estimate of drug-likeness (QED) is 0.648. The van der Waals surface area contributed by atoms with E-state index < -0.39 is 0 Å². The van der Waals surface area contributed by atoms with Crippen molar-refractivity contribution in [2.75, 3.05) is 6.54 Å². The molecule has 1 rings (SSSR count). The van der Waals surface area contributed by atoms with Crippen molar-refractivity contribution >= 4 is 5.91 Å². The molecule has 17 heavy (non-hydrogen) atoms. The van der Waals surface area contributed by atoms with E-state index in [2.05, 4.69) is 20.8 Å². The summed E-state index contributed by atoms with van der Waals surface area (Å²) in [6.45, 7) is 9.34. The van der Waals surface area contributed by atoms with Gasteiger partial charge in [-0.2, -0.15) is 5.10 Å².